The second kappa shape index (κ2) is 11.0. The van der Waals surface area contributed by atoms with E-state index in [2.05, 4.69) is 5.32 Å². The Labute approximate surface area is 188 Å². The van der Waals surface area contributed by atoms with E-state index >= 15 is 0 Å². The van der Waals surface area contributed by atoms with Gasteiger partial charge in [-0.25, -0.2) is 4.79 Å². The average Bonchev–Trinajstić information content (AvgIpc) is 2.81. The highest BCUT2D eigenvalue weighted by atomic mass is 16.5. The Morgan fingerprint density at radius 3 is 2.28 bits per heavy atom. The largest absolute Gasteiger partial charge is 0.497 e. The highest BCUT2D eigenvalue weighted by molar-refractivity contribution is 5.97. The Bertz CT molecular complexity index is 1050. The molecule has 0 heterocycles. The first kappa shape index (κ1) is 22.9. The van der Waals surface area contributed by atoms with E-state index in [-0.39, 0.29) is 0 Å². The summed E-state index contributed by atoms with van der Waals surface area (Å²) >= 11 is 0. The first-order chi connectivity index (χ1) is 15.5. The van der Waals surface area contributed by atoms with E-state index in [1.54, 1.807) is 25.3 Å². The van der Waals surface area contributed by atoms with Crippen LogP contribution >= 0.6 is 0 Å². The van der Waals surface area contributed by atoms with Crippen LogP contribution in [0.1, 0.15) is 33.5 Å². The number of nitrogens with two attached hydrogens (primary N) is 1. The number of ether oxygens (including phenoxy) is 1. The topological polar surface area (TPSA) is 102 Å². The lowest BCUT2D eigenvalue weighted by Gasteiger charge is -2.15. The zero-order chi connectivity index (χ0) is 22.9. The zero-order valence-corrected chi connectivity index (χ0v) is 18.1. The molecule has 0 aliphatic heterocycles. The van der Waals surface area contributed by atoms with Crippen LogP contribution in [0.5, 0.6) is 5.75 Å². The van der Waals surface area contributed by atoms with Gasteiger partial charge in [-0.3, -0.25) is 4.79 Å². The molecule has 0 saturated carbocycles. The van der Waals surface area contributed by atoms with Crippen molar-refractivity contribution < 1.29 is 19.4 Å². The number of nitrogens with one attached hydrogen (secondary N) is 1. The molecule has 3 aromatic carbocycles. The number of hydrogen-bond acceptors (Lipinski definition) is 4. The molecule has 0 spiro atoms. The number of aliphatic carboxylic acids is 1. The standard InChI is InChI=1S/C26H28N2O4/c1-32-22-13-8-19(9-14-22)7-11-20-17-21(12-15-23(20)27)25(29)28-24(26(30)31)16-10-18-5-3-2-4-6-18/h2-6,8-9,12-15,17,24H,7,10-11,16,27H2,1H3,(H,28,29)(H,30,31)/t24-/m0/s1. The lowest BCUT2D eigenvalue weighted by Crippen LogP contribution is -2.41. The third kappa shape index (κ3) is 6.35. The Morgan fingerprint density at radius 2 is 1.62 bits per heavy atom. The number of benzene rings is 3. The van der Waals surface area contributed by atoms with Gasteiger partial charge >= 0.3 is 5.97 Å². The number of rotatable bonds is 10. The van der Waals surface area contributed by atoms with Gasteiger partial charge in [-0.2, -0.15) is 0 Å². The average molecular weight is 433 g/mol. The maximum atomic E-state index is 12.8. The number of carbonyl (C=O) groups is 2. The molecule has 1 atom stereocenters. The van der Waals surface area contributed by atoms with Crippen LogP contribution in [0.3, 0.4) is 0 Å². The molecule has 6 heteroatoms. The molecule has 3 rings (SSSR count). The summed E-state index contributed by atoms with van der Waals surface area (Å²) in [6.07, 6.45) is 2.29. The molecule has 0 aromatic heterocycles. The molecule has 4 N–H and O–H groups in total. The lowest BCUT2D eigenvalue weighted by molar-refractivity contribution is -0.139. The van der Waals surface area contributed by atoms with Crippen molar-refractivity contribution in [2.24, 2.45) is 0 Å². The summed E-state index contributed by atoms with van der Waals surface area (Å²) in [6.45, 7) is 0. The first-order valence-corrected chi connectivity index (χ1v) is 10.5. The van der Waals surface area contributed by atoms with Crippen molar-refractivity contribution >= 4 is 17.6 Å². The van der Waals surface area contributed by atoms with Crippen LogP contribution in [0.2, 0.25) is 0 Å². The molecule has 0 radical (unpaired) electrons. The molecule has 0 unspecified atom stereocenters. The van der Waals surface area contributed by atoms with Crippen molar-refractivity contribution in [2.75, 3.05) is 12.8 Å². The van der Waals surface area contributed by atoms with E-state index < -0.39 is 17.9 Å². The minimum absolute atomic E-state index is 0.310. The van der Waals surface area contributed by atoms with Crippen molar-refractivity contribution in [2.45, 2.75) is 31.7 Å². The van der Waals surface area contributed by atoms with Crippen LogP contribution in [0.15, 0.2) is 72.8 Å². The van der Waals surface area contributed by atoms with Crippen molar-refractivity contribution in [3.8, 4) is 5.75 Å². The van der Waals surface area contributed by atoms with E-state index in [0.29, 0.717) is 30.5 Å². The fraction of sp³-hybridized carbons (Fsp3) is 0.231. The Morgan fingerprint density at radius 1 is 0.938 bits per heavy atom. The number of nitrogen functional groups attached to an aromatic ring is 1. The number of carboxylic acid groups (broad SMARTS) is 1. The number of hydrogen-bond donors (Lipinski definition) is 3. The van der Waals surface area contributed by atoms with Crippen LogP contribution in [0, 0.1) is 0 Å². The summed E-state index contributed by atoms with van der Waals surface area (Å²) in [7, 11) is 1.63. The smallest absolute Gasteiger partial charge is 0.326 e. The minimum atomic E-state index is -1.05. The van der Waals surface area contributed by atoms with Gasteiger partial charge in [0.15, 0.2) is 0 Å². The molecule has 0 bridgehead atoms. The summed E-state index contributed by atoms with van der Waals surface area (Å²) in [5.74, 6) is -0.673. The Hall–Kier alpha value is -3.80. The lowest BCUT2D eigenvalue weighted by atomic mass is 10.00. The fourth-order valence-corrected chi connectivity index (χ4v) is 3.49. The molecule has 6 nitrogen and oxygen atoms in total. The molecule has 166 valence electrons. The minimum Gasteiger partial charge on any atom is -0.497 e. The van der Waals surface area contributed by atoms with Gasteiger partial charge in [0, 0.05) is 11.3 Å². The molecule has 1 amide bonds. The van der Waals surface area contributed by atoms with Crippen LogP contribution in [-0.4, -0.2) is 30.1 Å². The van der Waals surface area contributed by atoms with Crippen molar-refractivity contribution in [1.82, 2.24) is 5.32 Å². The predicted octanol–water partition coefficient (Wildman–Crippen LogP) is 3.88. The quantitative estimate of drug-likeness (QED) is 0.422. The molecular formula is C26H28N2O4. The number of methoxy groups -OCH3 is 1. The van der Waals surface area contributed by atoms with Crippen molar-refractivity contribution in [1.29, 1.82) is 0 Å². The number of carbonyl (C=O) groups excluding carboxylic acids is 1. The van der Waals surface area contributed by atoms with E-state index in [4.69, 9.17) is 10.5 Å². The number of anilines is 1. The number of carboxylic acids is 1. The SMILES string of the molecule is COc1ccc(CCc2cc(C(=O)N[C@@H](CCc3ccccc3)C(=O)O)ccc2N)cc1. The van der Waals surface area contributed by atoms with E-state index in [9.17, 15) is 14.7 Å². The molecule has 0 saturated heterocycles. The maximum Gasteiger partial charge on any atom is 0.326 e. The van der Waals surface area contributed by atoms with E-state index in [1.165, 1.54) is 0 Å². The molecule has 0 fully saturated rings. The number of aryl methyl sites for hydroxylation is 3. The van der Waals surface area contributed by atoms with E-state index in [0.717, 1.165) is 28.9 Å². The van der Waals surface area contributed by atoms with Crippen LogP contribution in [0.25, 0.3) is 0 Å². The second-order valence-corrected chi connectivity index (χ2v) is 7.65. The fourth-order valence-electron chi connectivity index (χ4n) is 3.49. The zero-order valence-electron chi connectivity index (χ0n) is 18.1. The molecule has 0 aliphatic carbocycles. The summed E-state index contributed by atoms with van der Waals surface area (Å²) in [4.78, 5) is 24.4. The normalized spacial score (nSPS) is 11.5. The van der Waals surface area contributed by atoms with Crippen LogP contribution < -0.4 is 15.8 Å². The first-order valence-electron chi connectivity index (χ1n) is 10.5. The van der Waals surface area contributed by atoms with Gasteiger partial charge < -0.3 is 20.9 Å². The molecular weight excluding hydrogens is 404 g/mol. The van der Waals surface area contributed by atoms with Gasteiger partial charge in [0.05, 0.1) is 7.11 Å². The predicted molar refractivity (Wildman–Crippen MR) is 125 cm³/mol. The third-order valence-electron chi connectivity index (χ3n) is 5.42. The summed E-state index contributed by atoms with van der Waals surface area (Å²) in [6, 6.07) is 21.5. The number of amides is 1. The van der Waals surface area contributed by atoms with Crippen molar-refractivity contribution in [3.63, 3.8) is 0 Å². The maximum absolute atomic E-state index is 12.8. The van der Waals surface area contributed by atoms with Gasteiger partial charge in [-0.1, -0.05) is 42.5 Å². The van der Waals surface area contributed by atoms with Gasteiger partial charge in [-0.15, -0.1) is 0 Å². The highest BCUT2D eigenvalue weighted by Gasteiger charge is 2.21. The Kier molecular flexibility index (Phi) is 7.86. The van der Waals surface area contributed by atoms with Crippen LogP contribution in [0.4, 0.5) is 5.69 Å². The second-order valence-electron chi connectivity index (χ2n) is 7.65. The summed E-state index contributed by atoms with van der Waals surface area (Å²) in [5.41, 5.74) is 10.1. The van der Waals surface area contributed by atoms with Gasteiger partial charge in [0.25, 0.3) is 5.91 Å². The van der Waals surface area contributed by atoms with Gasteiger partial charge in [0.1, 0.15) is 11.8 Å². The highest BCUT2D eigenvalue weighted by Crippen LogP contribution is 2.19. The third-order valence-corrected chi connectivity index (χ3v) is 5.42. The Balaban J connectivity index is 1.64. The van der Waals surface area contributed by atoms with Crippen molar-refractivity contribution in [3.05, 3.63) is 95.1 Å². The van der Waals surface area contributed by atoms with Gasteiger partial charge in [-0.05, 0) is 72.7 Å². The monoisotopic (exact) mass is 432 g/mol. The molecule has 32 heavy (non-hydrogen) atoms. The van der Waals surface area contributed by atoms with Gasteiger partial charge in [0.2, 0.25) is 0 Å². The van der Waals surface area contributed by atoms with E-state index in [1.807, 2.05) is 54.6 Å². The van der Waals surface area contributed by atoms with Crippen LogP contribution in [-0.2, 0) is 24.1 Å². The molecule has 3 aromatic rings. The summed E-state index contributed by atoms with van der Waals surface area (Å²) < 4.78 is 5.18. The summed E-state index contributed by atoms with van der Waals surface area (Å²) in [5, 5.41) is 12.2. The molecule has 0 aliphatic rings.